The molecule has 0 aromatic heterocycles. The Morgan fingerprint density at radius 3 is 2.28 bits per heavy atom. The van der Waals surface area contributed by atoms with E-state index < -0.39 is 0 Å². The molecule has 0 radical (unpaired) electrons. The maximum Gasteiger partial charge on any atom is 0.0718 e. The predicted octanol–water partition coefficient (Wildman–Crippen LogP) is 3.16. The first-order chi connectivity index (χ1) is 8.79. The van der Waals surface area contributed by atoms with Crippen LogP contribution < -0.4 is 5.43 Å². The summed E-state index contributed by atoms with van der Waals surface area (Å²) in [7, 11) is 1.83. The molecule has 0 heterocycles. The second-order valence-electron chi connectivity index (χ2n) is 4.31. The fraction of sp³-hybridized carbons (Fsp3) is 0.188. The van der Waals surface area contributed by atoms with Crippen LogP contribution in [0, 0.1) is 6.92 Å². The van der Waals surface area contributed by atoms with Gasteiger partial charge in [-0.05, 0) is 18.1 Å². The molecule has 1 N–H and O–H groups in total. The van der Waals surface area contributed by atoms with Crippen LogP contribution in [0.15, 0.2) is 59.7 Å². The van der Waals surface area contributed by atoms with Crippen LogP contribution >= 0.6 is 0 Å². The summed E-state index contributed by atoms with van der Waals surface area (Å²) < 4.78 is 0. The Morgan fingerprint density at radius 2 is 1.67 bits per heavy atom. The Morgan fingerprint density at radius 1 is 1.00 bits per heavy atom. The number of rotatable bonds is 4. The molecule has 2 heteroatoms. The van der Waals surface area contributed by atoms with Crippen molar-refractivity contribution in [1.82, 2.24) is 5.43 Å². The molecule has 2 aromatic carbocycles. The van der Waals surface area contributed by atoms with Crippen LogP contribution in [0.3, 0.4) is 0 Å². The van der Waals surface area contributed by atoms with Crippen LogP contribution in [0.25, 0.3) is 0 Å². The zero-order chi connectivity index (χ0) is 12.8. The summed E-state index contributed by atoms with van der Waals surface area (Å²) in [5, 5.41) is 4.38. The highest BCUT2D eigenvalue weighted by molar-refractivity contribution is 6.01. The third-order valence-electron chi connectivity index (χ3n) is 2.85. The maximum absolute atomic E-state index is 4.38. The van der Waals surface area contributed by atoms with E-state index in [1.165, 1.54) is 11.1 Å². The summed E-state index contributed by atoms with van der Waals surface area (Å²) in [6.07, 6.45) is 0.838. The van der Waals surface area contributed by atoms with Crippen molar-refractivity contribution in [2.45, 2.75) is 13.3 Å². The van der Waals surface area contributed by atoms with E-state index in [0.29, 0.717) is 0 Å². The summed E-state index contributed by atoms with van der Waals surface area (Å²) >= 11 is 0. The van der Waals surface area contributed by atoms with Crippen LogP contribution in [-0.4, -0.2) is 12.8 Å². The molecule has 2 aromatic rings. The summed E-state index contributed by atoms with van der Waals surface area (Å²) in [6, 6.07) is 18.9. The molecule has 0 saturated carbocycles. The molecule has 0 saturated heterocycles. The van der Waals surface area contributed by atoms with Crippen LogP contribution in [0.2, 0.25) is 0 Å². The number of nitrogens with one attached hydrogen (secondary N) is 1. The van der Waals surface area contributed by atoms with Crippen LogP contribution in [-0.2, 0) is 6.42 Å². The lowest BCUT2D eigenvalue weighted by Gasteiger charge is -2.07. The van der Waals surface area contributed by atoms with Gasteiger partial charge in [-0.1, -0.05) is 60.2 Å². The number of nitrogens with zero attached hydrogens (tertiary/aromatic N) is 1. The molecular weight excluding hydrogens is 220 g/mol. The Kier molecular flexibility index (Phi) is 4.13. The summed E-state index contributed by atoms with van der Waals surface area (Å²) in [5.74, 6) is 0. The van der Waals surface area contributed by atoms with E-state index in [1.807, 2.05) is 25.2 Å². The van der Waals surface area contributed by atoms with E-state index in [-0.39, 0.29) is 0 Å². The number of benzene rings is 2. The van der Waals surface area contributed by atoms with Crippen molar-refractivity contribution in [3.63, 3.8) is 0 Å². The van der Waals surface area contributed by atoms with Gasteiger partial charge in [0.15, 0.2) is 0 Å². The fourth-order valence-corrected chi connectivity index (χ4v) is 1.87. The van der Waals surface area contributed by atoms with E-state index in [4.69, 9.17) is 0 Å². The third kappa shape index (κ3) is 3.20. The van der Waals surface area contributed by atoms with Crippen molar-refractivity contribution < 1.29 is 0 Å². The second kappa shape index (κ2) is 6.01. The van der Waals surface area contributed by atoms with E-state index in [0.717, 1.165) is 17.7 Å². The van der Waals surface area contributed by atoms with Crippen molar-refractivity contribution in [2.24, 2.45) is 5.10 Å². The fourth-order valence-electron chi connectivity index (χ4n) is 1.87. The van der Waals surface area contributed by atoms with E-state index in [1.54, 1.807) is 0 Å². The molecule has 0 unspecified atom stereocenters. The predicted molar refractivity (Wildman–Crippen MR) is 76.9 cm³/mol. The third-order valence-corrected chi connectivity index (χ3v) is 2.85. The normalized spacial score (nSPS) is 11.3. The average molecular weight is 238 g/mol. The minimum absolute atomic E-state index is 0.838. The van der Waals surface area contributed by atoms with Crippen molar-refractivity contribution in [2.75, 3.05) is 7.05 Å². The molecule has 0 aliphatic carbocycles. The minimum atomic E-state index is 0.838. The SMILES string of the molecule is CN/N=C(\Cc1ccc(C)cc1)c1ccccc1. The molecule has 0 atom stereocenters. The summed E-state index contributed by atoms with van der Waals surface area (Å²) in [5.41, 5.74) is 7.66. The Balaban J connectivity index is 2.22. The van der Waals surface area contributed by atoms with E-state index >= 15 is 0 Å². The van der Waals surface area contributed by atoms with Gasteiger partial charge in [0.2, 0.25) is 0 Å². The lowest BCUT2D eigenvalue weighted by Crippen LogP contribution is -2.10. The highest BCUT2D eigenvalue weighted by Gasteiger charge is 2.04. The van der Waals surface area contributed by atoms with Gasteiger partial charge in [-0.2, -0.15) is 5.10 Å². The van der Waals surface area contributed by atoms with Gasteiger partial charge in [0.05, 0.1) is 5.71 Å². The van der Waals surface area contributed by atoms with Crippen LogP contribution in [0.1, 0.15) is 16.7 Å². The first kappa shape index (κ1) is 12.4. The van der Waals surface area contributed by atoms with Gasteiger partial charge in [-0.15, -0.1) is 0 Å². The summed E-state index contributed by atoms with van der Waals surface area (Å²) in [4.78, 5) is 0. The summed E-state index contributed by atoms with van der Waals surface area (Å²) in [6.45, 7) is 2.10. The van der Waals surface area contributed by atoms with Crippen molar-refractivity contribution in [3.05, 3.63) is 71.3 Å². The van der Waals surface area contributed by atoms with Gasteiger partial charge in [0.25, 0.3) is 0 Å². The zero-order valence-corrected chi connectivity index (χ0v) is 10.9. The maximum atomic E-state index is 4.38. The number of aryl methyl sites for hydroxylation is 1. The number of hydrogen-bond acceptors (Lipinski definition) is 2. The van der Waals surface area contributed by atoms with Crippen LogP contribution in [0.5, 0.6) is 0 Å². The molecule has 0 spiro atoms. The van der Waals surface area contributed by atoms with Gasteiger partial charge >= 0.3 is 0 Å². The van der Waals surface area contributed by atoms with Gasteiger partial charge < -0.3 is 5.43 Å². The molecule has 2 nitrogen and oxygen atoms in total. The Labute approximate surface area is 108 Å². The number of hydrogen-bond donors (Lipinski definition) is 1. The molecular formula is C16H18N2. The molecule has 18 heavy (non-hydrogen) atoms. The minimum Gasteiger partial charge on any atom is -0.313 e. The molecule has 0 aliphatic rings. The molecule has 0 amide bonds. The van der Waals surface area contributed by atoms with Gasteiger partial charge in [0.1, 0.15) is 0 Å². The second-order valence-corrected chi connectivity index (χ2v) is 4.31. The molecule has 0 bridgehead atoms. The highest BCUT2D eigenvalue weighted by atomic mass is 15.3. The first-order valence-electron chi connectivity index (χ1n) is 6.14. The van der Waals surface area contributed by atoms with Crippen LogP contribution in [0.4, 0.5) is 0 Å². The Bertz CT molecular complexity index is 513. The van der Waals surface area contributed by atoms with Gasteiger partial charge in [0, 0.05) is 13.5 Å². The standard InChI is InChI=1S/C16H18N2/c1-13-8-10-14(11-9-13)12-16(18-17-2)15-6-4-3-5-7-15/h3-11,17H,12H2,1-2H3/b18-16+. The van der Waals surface area contributed by atoms with E-state index in [9.17, 15) is 0 Å². The molecule has 2 rings (SSSR count). The quantitative estimate of drug-likeness (QED) is 0.642. The average Bonchev–Trinajstić information content (AvgIpc) is 2.42. The zero-order valence-electron chi connectivity index (χ0n) is 10.9. The lowest BCUT2D eigenvalue weighted by atomic mass is 10.0. The highest BCUT2D eigenvalue weighted by Crippen LogP contribution is 2.09. The first-order valence-corrected chi connectivity index (χ1v) is 6.14. The monoisotopic (exact) mass is 238 g/mol. The smallest absolute Gasteiger partial charge is 0.0718 e. The van der Waals surface area contributed by atoms with Crippen molar-refractivity contribution >= 4 is 5.71 Å². The topological polar surface area (TPSA) is 24.4 Å². The largest absolute Gasteiger partial charge is 0.313 e. The van der Waals surface area contributed by atoms with Gasteiger partial charge in [-0.25, -0.2) is 0 Å². The van der Waals surface area contributed by atoms with Gasteiger partial charge in [-0.3, -0.25) is 0 Å². The van der Waals surface area contributed by atoms with Crippen molar-refractivity contribution in [3.8, 4) is 0 Å². The molecule has 0 aliphatic heterocycles. The van der Waals surface area contributed by atoms with Crippen molar-refractivity contribution in [1.29, 1.82) is 0 Å². The molecule has 0 fully saturated rings. The molecule has 92 valence electrons. The van der Waals surface area contributed by atoms with E-state index in [2.05, 4.69) is 53.8 Å². The lowest BCUT2D eigenvalue weighted by molar-refractivity contribution is 0.894. The Hall–Kier alpha value is -2.09. The number of hydrazone groups is 1.